The number of carboxylic acid groups (broad SMARTS) is 1. The van der Waals surface area contributed by atoms with Gasteiger partial charge in [-0.15, -0.1) is 0 Å². The van der Waals surface area contributed by atoms with E-state index in [1.54, 1.807) is 0 Å². The number of carbonyl (C=O) groups excluding carboxylic acids is 1. The number of likely N-dealkylation sites (tertiary alicyclic amines) is 1. The molecule has 112 valence electrons. The molecule has 1 N–H and O–H groups in total. The van der Waals surface area contributed by atoms with E-state index >= 15 is 0 Å². The molecule has 2 fully saturated rings. The smallest absolute Gasteiger partial charge is 0.328 e. The molecule has 1 saturated carbocycles. The Morgan fingerprint density at radius 1 is 1.15 bits per heavy atom. The van der Waals surface area contributed by atoms with Crippen molar-refractivity contribution in [2.75, 3.05) is 19.6 Å². The number of piperidine rings is 1. The van der Waals surface area contributed by atoms with E-state index in [1.807, 2.05) is 4.90 Å². The van der Waals surface area contributed by atoms with Gasteiger partial charge in [0, 0.05) is 37.3 Å². The van der Waals surface area contributed by atoms with Crippen molar-refractivity contribution in [3.63, 3.8) is 0 Å². The Morgan fingerprint density at radius 3 is 2.25 bits per heavy atom. The third-order valence-corrected chi connectivity index (χ3v) is 4.05. The molecule has 1 amide bonds. The van der Waals surface area contributed by atoms with Crippen molar-refractivity contribution in [2.24, 2.45) is 0 Å². The van der Waals surface area contributed by atoms with Crippen LogP contribution in [0.15, 0.2) is 12.2 Å². The van der Waals surface area contributed by atoms with Crippen LogP contribution in [-0.2, 0) is 9.59 Å². The van der Waals surface area contributed by atoms with E-state index in [-0.39, 0.29) is 11.9 Å². The lowest BCUT2D eigenvalue weighted by molar-refractivity contribution is -0.133. The van der Waals surface area contributed by atoms with Crippen LogP contribution in [-0.4, -0.2) is 58.5 Å². The average Bonchev–Trinajstić information content (AvgIpc) is 3.24. The predicted octanol–water partition coefficient (Wildman–Crippen LogP) is 1.49. The number of nitrogens with zero attached hydrogens (tertiary/aromatic N) is 2. The van der Waals surface area contributed by atoms with E-state index in [0.29, 0.717) is 6.04 Å². The largest absolute Gasteiger partial charge is 0.478 e. The quantitative estimate of drug-likeness (QED) is 0.749. The molecule has 0 aromatic carbocycles. The maximum atomic E-state index is 12.2. The van der Waals surface area contributed by atoms with Crippen molar-refractivity contribution in [3.05, 3.63) is 12.2 Å². The Balaban J connectivity index is 1.93. The number of rotatable bonds is 6. The Labute approximate surface area is 120 Å². The van der Waals surface area contributed by atoms with Crippen LogP contribution in [0.1, 0.15) is 39.0 Å². The van der Waals surface area contributed by atoms with Crippen molar-refractivity contribution in [2.45, 2.75) is 51.1 Å². The lowest BCUT2D eigenvalue weighted by Crippen LogP contribution is -2.48. The summed E-state index contributed by atoms with van der Waals surface area (Å²) in [7, 11) is 0. The van der Waals surface area contributed by atoms with E-state index in [2.05, 4.69) is 11.8 Å². The van der Waals surface area contributed by atoms with Crippen molar-refractivity contribution >= 4 is 11.9 Å². The van der Waals surface area contributed by atoms with E-state index in [9.17, 15) is 9.59 Å². The van der Waals surface area contributed by atoms with Gasteiger partial charge < -0.3 is 14.9 Å². The van der Waals surface area contributed by atoms with E-state index in [4.69, 9.17) is 5.11 Å². The van der Waals surface area contributed by atoms with E-state index in [1.165, 1.54) is 6.08 Å². The maximum absolute atomic E-state index is 12.2. The number of hydrogen-bond donors (Lipinski definition) is 1. The number of amides is 1. The molecule has 1 aliphatic carbocycles. The third kappa shape index (κ3) is 4.07. The summed E-state index contributed by atoms with van der Waals surface area (Å²) in [6.45, 7) is 5.39. The summed E-state index contributed by atoms with van der Waals surface area (Å²) < 4.78 is 0. The first kappa shape index (κ1) is 15.0. The van der Waals surface area contributed by atoms with Crippen LogP contribution in [0.5, 0.6) is 0 Å². The van der Waals surface area contributed by atoms with Crippen molar-refractivity contribution < 1.29 is 14.7 Å². The van der Waals surface area contributed by atoms with Gasteiger partial charge in [0.25, 0.3) is 0 Å². The SMILES string of the molecule is CCCN1CCC(N(C(=O)C=CC(=O)O)C2CC2)CC1. The molecule has 2 rings (SSSR count). The van der Waals surface area contributed by atoms with Gasteiger partial charge in [-0.1, -0.05) is 6.92 Å². The highest BCUT2D eigenvalue weighted by Gasteiger charge is 2.37. The highest BCUT2D eigenvalue weighted by molar-refractivity contribution is 5.94. The second-order valence-electron chi connectivity index (χ2n) is 5.72. The van der Waals surface area contributed by atoms with Gasteiger partial charge >= 0.3 is 5.97 Å². The van der Waals surface area contributed by atoms with Gasteiger partial charge in [0.15, 0.2) is 0 Å². The fraction of sp³-hybridized carbons (Fsp3) is 0.733. The summed E-state index contributed by atoms with van der Waals surface area (Å²) in [5, 5.41) is 8.64. The number of hydrogen-bond acceptors (Lipinski definition) is 3. The van der Waals surface area contributed by atoms with Gasteiger partial charge in [-0.3, -0.25) is 4.79 Å². The molecule has 0 atom stereocenters. The van der Waals surface area contributed by atoms with Crippen LogP contribution >= 0.6 is 0 Å². The molecule has 1 aliphatic heterocycles. The lowest BCUT2D eigenvalue weighted by atomic mass is 10.0. The molecule has 5 heteroatoms. The first-order valence-electron chi connectivity index (χ1n) is 7.57. The lowest BCUT2D eigenvalue weighted by Gasteiger charge is -2.38. The van der Waals surface area contributed by atoms with Gasteiger partial charge in [0.05, 0.1) is 0 Å². The minimum atomic E-state index is -1.06. The monoisotopic (exact) mass is 280 g/mol. The van der Waals surface area contributed by atoms with Crippen LogP contribution in [0.3, 0.4) is 0 Å². The fourth-order valence-electron chi connectivity index (χ4n) is 2.98. The number of aliphatic carboxylic acids is 1. The van der Waals surface area contributed by atoms with Crippen molar-refractivity contribution in [1.82, 2.24) is 9.80 Å². The molecule has 0 unspecified atom stereocenters. The molecule has 0 bridgehead atoms. The fourth-order valence-corrected chi connectivity index (χ4v) is 2.98. The molecule has 0 spiro atoms. The van der Waals surface area contributed by atoms with Gasteiger partial charge in [-0.2, -0.15) is 0 Å². The zero-order valence-corrected chi connectivity index (χ0v) is 12.1. The maximum Gasteiger partial charge on any atom is 0.328 e. The molecule has 1 heterocycles. The van der Waals surface area contributed by atoms with Crippen LogP contribution in [0.25, 0.3) is 0 Å². The average molecular weight is 280 g/mol. The molecular weight excluding hydrogens is 256 g/mol. The zero-order valence-electron chi connectivity index (χ0n) is 12.1. The number of carboxylic acids is 1. The minimum absolute atomic E-state index is 0.135. The summed E-state index contributed by atoms with van der Waals surface area (Å²) in [6, 6.07) is 0.616. The molecule has 0 aromatic rings. The molecule has 0 aromatic heterocycles. The zero-order chi connectivity index (χ0) is 14.5. The highest BCUT2D eigenvalue weighted by atomic mass is 16.4. The first-order chi connectivity index (χ1) is 9.61. The van der Waals surface area contributed by atoms with E-state index in [0.717, 1.165) is 57.8 Å². The van der Waals surface area contributed by atoms with Gasteiger partial charge in [0.1, 0.15) is 0 Å². The molecular formula is C15H24N2O3. The molecule has 20 heavy (non-hydrogen) atoms. The third-order valence-electron chi connectivity index (χ3n) is 4.05. The molecule has 0 radical (unpaired) electrons. The van der Waals surface area contributed by atoms with Crippen molar-refractivity contribution in [1.29, 1.82) is 0 Å². The first-order valence-corrected chi connectivity index (χ1v) is 7.57. The van der Waals surface area contributed by atoms with Crippen LogP contribution in [0.2, 0.25) is 0 Å². The van der Waals surface area contributed by atoms with Gasteiger partial charge in [-0.05, 0) is 38.6 Å². The number of carbonyl (C=O) groups is 2. The Bertz CT molecular complexity index is 383. The van der Waals surface area contributed by atoms with Crippen LogP contribution in [0, 0.1) is 0 Å². The normalized spacial score (nSPS) is 21.2. The Morgan fingerprint density at radius 2 is 1.75 bits per heavy atom. The summed E-state index contributed by atoms with van der Waals surface area (Å²) in [5.74, 6) is -1.20. The standard InChI is InChI=1S/C15H24N2O3/c1-2-9-16-10-7-13(8-11-16)17(12-3-4-12)14(18)5-6-15(19)20/h5-6,12-13H,2-4,7-11H2,1H3,(H,19,20). The summed E-state index contributed by atoms with van der Waals surface area (Å²) >= 11 is 0. The predicted molar refractivity (Wildman–Crippen MR) is 76.4 cm³/mol. The molecule has 1 saturated heterocycles. The van der Waals surface area contributed by atoms with Crippen molar-refractivity contribution in [3.8, 4) is 0 Å². The summed E-state index contributed by atoms with van der Waals surface area (Å²) in [6.07, 6.45) is 7.44. The molecule has 2 aliphatic rings. The van der Waals surface area contributed by atoms with Gasteiger partial charge in [0.2, 0.25) is 5.91 Å². The summed E-state index contributed by atoms with van der Waals surface area (Å²) in [5.41, 5.74) is 0. The highest BCUT2D eigenvalue weighted by Crippen LogP contribution is 2.32. The Hall–Kier alpha value is -1.36. The Kier molecular flexibility index (Phi) is 5.17. The van der Waals surface area contributed by atoms with Crippen LogP contribution in [0.4, 0.5) is 0 Å². The summed E-state index contributed by atoms with van der Waals surface area (Å²) in [4.78, 5) is 27.1. The van der Waals surface area contributed by atoms with E-state index < -0.39 is 5.97 Å². The second kappa shape index (κ2) is 6.88. The second-order valence-corrected chi connectivity index (χ2v) is 5.72. The molecule has 5 nitrogen and oxygen atoms in total. The van der Waals surface area contributed by atoms with Crippen LogP contribution < -0.4 is 0 Å². The van der Waals surface area contributed by atoms with Gasteiger partial charge in [-0.25, -0.2) is 4.79 Å². The topological polar surface area (TPSA) is 60.9 Å². The minimum Gasteiger partial charge on any atom is -0.478 e.